The first kappa shape index (κ1) is 23.8. The second kappa shape index (κ2) is 9.74. The molecule has 0 saturated heterocycles. The highest BCUT2D eigenvalue weighted by atomic mass is 35.5. The van der Waals surface area contributed by atoms with E-state index in [1.807, 2.05) is 91.9 Å². The van der Waals surface area contributed by atoms with E-state index >= 15 is 0 Å². The average Bonchev–Trinajstić information content (AvgIpc) is 3.54. The van der Waals surface area contributed by atoms with E-state index in [9.17, 15) is 4.79 Å². The molecule has 3 aromatic heterocycles. The number of amides is 1. The van der Waals surface area contributed by atoms with Crippen LogP contribution in [0.2, 0.25) is 5.02 Å². The van der Waals surface area contributed by atoms with Crippen molar-refractivity contribution in [3.63, 3.8) is 0 Å². The van der Waals surface area contributed by atoms with Crippen LogP contribution >= 0.6 is 22.9 Å². The third-order valence-corrected chi connectivity index (χ3v) is 7.48. The van der Waals surface area contributed by atoms with E-state index in [0.717, 1.165) is 39.0 Å². The van der Waals surface area contributed by atoms with Crippen LogP contribution in [0.5, 0.6) is 0 Å². The number of nitrogens with two attached hydrogens (primary N) is 1. The van der Waals surface area contributed by atoms with Crippen LogP contribution in [0.1, 0.15) is 15.2 Å². The van der Waals surface area contributed by atoms with E-state index in [1.165, 1.54) is 11.3 Å². The summed E-state index contributed by atoms with van der Waals surface area (Å²) >= 11 is 7.34. The highest BCUT2D eigenvalue weighted by Crippen LogP contribution is 2.41. The summed E-state index contributed by atoms with van der Waals surface area (Å²) < 4.78 is 6.88. The number of nitrogen functional groups attached to an aromatic ring is 1. The molecule has 3 aromatic carbocycles. The van der Waals surface area contributed by atoms with Crippen LogP contribution in [0.25, 0.3) is 38.3 Å². The van der Waals surface area contributed by atoms with Gasteiger partial charge in [0.15, 0.2) is 0 Å². The van der Waals surface area contributed by atoms with Crippen LogP contribution in [0.4, 0.5) is 11.6 Å². The van der Waals surface area contributed by atoms with Gasteiger partial charge in [-0.1, -0.05) is 71.8 Å². The van der Waals surface area contributed by atoms with Crippen LogP contribution in [0.15, 0.2) is 95.6 Å². The largest absolute Gasteiger partial charge is 0.397 e. The van der Waals surface area contributed by atoms with Gasteiger partial charge in [0.05, 0.1) is 11.4 Å². The summed E-state index contributed by atoms with van der Waals surface area (Å²) in [5, 5.41) is 8.14. The molecule has 0 saturated carbocycles. The van der Waals surface area contributed by atoms with Gasteiger partial charge in [-0.2, -0.15) is 0 Å². The first-order valence-corrected chi connectivity index (χ1v) is 13.0. The molecule has 6 rings (SSSR count). The molecule has 3 N–H and O–H groups in total. The van der Waals surface area contributed by atoms with Gasteiger partial charge in [-0.3, -0.25) is 14.6 Å². The minimum atomic E-state index is -0.398. The van der Waals surface area contributed by atoms with E-state index in [-0.39, 0.29) is 5.88 Å². The summed E-state index contributed by atoms with van der Waals surface area (Å²) in [4.78, 5) is 19.2. The lowest BCUT2D eigenvalue weighted by molar-refractivity contribution is -0.670. The summed E-state index contributed by atoms with van der Waals surface area (Å²) in [6.45, 7) is 2.04. The maximum absolute atomic E-state index is 13.3. The Balaban J connectivity index is 1.42. The van der Waals surface area contributed by atoms with Crippen molar-refractivity contribution in [1.82, 2.24) is 10.3 Å². The number of carbonyl (C=O) groups excluding carboxylic acids is 1. The van der Waals surface area contributed by atoms with Gasteiger partial charge in [0, 0.05) is 28.1 Å². The van der Waals surface area contributed by atoms with E-state index in [1.54, 1.807) is 10.9 Å². The van der Waals surface area contributed by atoms with Gasteiger partial charge in [0.1, 0.15) is 9.71 Å². The van der Waals surface area contributed by atoms with Crippen molar-refractivity contribution in [3.05, 3.63) is 107 Å². The number of hydrogen-bond donors (Lipinski definition) is 2. The van der Waals surface area contributed by atoms with Crippen LogP contribution in [-0.2, 0) is 0 Å². The molecule has 38 heavy (non-hydrogen) atoms. The highest BCUT2D eigenvalue weighted by Gasteiger charge is 2.24. The molecular formula is C29H21ClN5O2S+. The van der Waals surface area contributed by atoms with E-state index in [4.69, 9.17) is 26.8 Å². The highest BCUT2D eigenvalue weighted by molar-refractivity contribution is 7.21. The maximum atomic E-state index is 13.3. The lowest BCUT2D eigenvalue weighted by atomic mass is 9.99. The van der Waals surface area contributed by atoms with Gasteiger partial charge in [-0.05, 0) is 40.9 Å². The normalized spacial score (nSPS) is 11.1. The lowest BCUT2D eigenvalue weighted by Gasteiger charge is -2.09. The van der Waals surface area contributed by atoms with Crippen LogP contribution in [0.3, 0.4) is 0 Å². The fourth-order valence-corrected chi connectivity index (χ4v) is 5.33. The predicted molar refractivity (Wildman–Crippen MR) is 151 cm³/mol. The Labute approximate surface area is 227 Å². The Morgan fingerprint density at radius 3 is 2.45 bits per heavy atom. The second-order valence-corrected chi connectivity index (χ2v) is 10.2. The molecule has 186 valence electrons. The summed E-state index contributed by atoms with van der Waals surface area (Å²) in [7, 11) is 0. The molecule has 7 nitrogen and oxygen atoms in total. The van der Waals surface area contributed by atoms with Gasteiger partial charge in [-0.25, -0.2) is 4.98 Å². The van der Waals surface area contributed by atoms with Crippen LogP contribution in [-0.4, -0.2) is 16.2 Å². The molecule has 0 spiro atoms. The topological polar surface area (TPSA) is 97.9 Å². The summed E-state index contributed by atoms with van der Waals surface area (Å²) in [5.41, 5.74) is 12.5. The fraction of sp³-hybridized carbons (Fsp3) is 0.0345. The number of fused-ring (bicyclic) bond motifs is 1. The van der Waals surface area contributed by atoms with Crippen molar-refractivity contribution in [2.75, 3.05) is 11.1 Å². The summed E-state index contributed by atoms with van der Waals surface area (Å²) in [6, 6.07) is 27.2. The van der Waals surface area contributed by atoms with Gasteiger partial charge >= 0.3 is 5.88 Å². The number of rotatable bonds is 5. The van der Waals surface area contributed by atoms with E-state index in [0.29, 0.717) is 20.4 Å². The number of halogens is 1. The molecule has 0 aliphatic carbocycles. The Kier molecular flexibility index (Phi) is 6.11. The van der Waals surface area contributed by atoms with E-state index < -0.39 is 5.91 Å². The number of aryl methyl sites for hydroxylation is 1. The Bertz CT molecular complexity index is 1780. The molecule has 1 amide bonds. The first-order valence-electron chi connectivity index (χ1n) is 11.8. The number of nitrogens with zero attached hydrogens (tertiary/aromatic N) is 3. The smallest absolute Gasteiger partial charge is 0.303 e. The van der Waals surface area contributed by atoms with Gasteiger partial charge in [0.25, 0.3) is 12.1 Å². The monoisotopic (exact) mass is 538 g/mol. The minimum absolute atomic E-state index is 0.198. The molecular weight excluding hydrogens is 518 g/mol. The molecule has 0 fully saturated rings. The first-order chi connectivity index (χ1) is 18.5. The summed E-state index contributed by atoms with van der Waals surface area (Å²) in [6.07, 6.45) is 1.60. The molecule has 3 heterocycles. The van der Waals surface area contributed by atoms with Crippen molar-refractivity contribution in [2.24, 2.45) is 0 Å². The van der Waals surface area contributed by atoms with Crippen molar-refractivity contribution in [2.45, 2.75) is 6.92 Å². The number of pyridine rings is 1. The summed E-state index contributed by atoms with van der Waals surface area (Å²) in [5.74, 6) is -0.200. The number of para-hydroxylation sites is 1. The third-order valence-electron chi connectivity index (χ3n) is 6.13. The zero-order valence-electron chi connectivity index (χ0n) is 20.2. The van der Waals surface area contributed by atoms with Gasteiger partial charge < -0.3 is 5.73 Å². The number of anilines is 2. The van der Waals surface area contributed by atoms with Crippen molar-refractivity contribution < 1.29 is 14.0 Å². The standard InChI is InChI=1S/C29H20ClN5O2S/c1-17-7-9-18(10-8-17)22-15-23(19-11-13-20(30)14-12-19)32-29-25(22)26(31)27(38-29)28(36)33-24-16-35(34-37-24)21-5-3-2-4-6-21/h2-16H,1H3,(H2-,31,33,34,36)/p+1. The Morgan fingerprint density at radius 2 is 1.71 bits per heavy atom. The zero-order chi connectivity index (χ0) is 26.2. The zero-order valence-corrected chi connectivity index (χ0v) is 21.8. The quantitative estimate of drug-likeness (QED) is 0.238. The minimum Gasteiger partial charge on any atom is -0.397 e. The average molecular weight is 539 g/mol. The number of aromatic nitrogens is 3. The molecule has 0 radical (unpaired) electrons. The van der Waals surface area contributed by atoms with Crippen molar-refractivity contribution in [3.8, 4) is 28.1 Å². The SMILES string of the molecule is Cc1ccc(-c2cc(-c3ccc(Cl)cc3)nc3sc(C(=O)Nc4c[n+](-c5ccccc5)no4)c(N)c23)cc1. The second-order valence-electron chi connectivity index (χ2n) is 8.75. The van der Waals surface area contributed by atoms with Crippen molar-refractivity contribution >= 4 is 50.6 Å². The molecule has 6 aromatic rings. The number of thiophene rings is 1. The molecule has 0 aliphatic heterocycles. The Morgan fingerprint density at radius 1 is 1.00 bits per heavy atom. The number of benzene rings is 3. The molecule has 0 bridgehead atoms. The third kappa shape index (κ3) is 4.51. The number of nitrogens with one attached hydrogen (secondary N) is 1. The van der Waals surface area contributed by atoms with Crippen LogP contribution < -0.4 is 15.7 Å². The molecule has 0 aliphatic rings. The van der Waals surface area contributed by atoms with Gasteiger partial charge in [0.2, 0.25) is 11.0 Å². The van der Waals surface area contributed by atoms with Crippen molar-refractivity contribution in [1.29, 1.82) is 0 Å². The van der Waals surface area contributed by atoms with E-state index in [2.05, 4.69) is 10.6 Å². The van der Waals surface area contributed by atoms with Crippen LogP contribution in [0, 0.1) is 6.92 Å². The Hall–Kier alpha value is -4.53. The maximum Gasteiger partial charge on any atom is 0.303 e. The number of carbonyl (C=O) groups is 1. The molecule has 0 unspecified atom stereocenters. The predicted octanol–water partition coefficient (Wildman–Crippen LogP) is 6.69. The number of hydrogen-bond acceptors (Lipinski definition) is 6. The lowest BCUT2D eigenvalue weighted by Crippen LogP contribution is -2.31. The van der Waals surface area contributed by atoms with Gasteiger partial charge in [-0.15, -0.1) is 11.3 Å². The molecule has 0 atom stereocenters. The fourth-order valence-electron chi connectivity index (χ4n) is 4.19. The molecule has 9 heteroatoms.